The van der Waals surface area contributed by atoms with Gasteiger partial charge in [0.2, 0.25) is 5.91 Å². The Bertz CT molecular complexity index is 1240. The second-order valence-corrected chi connectivity index (χ2v) is 8.98. The molecule has 3 N–H and O–H groups in total. The second-order valence-electron chi connectivity index (χ2n) is 8.98. The summed E-state index contributed by atoms with van der Waals surface area (Å²) in [4.78, 5) is 45.6. The van der Waals surface area contributed by atoms with Crippen molar-refractivity contribution < 1.29 is 24.2 Å². The fraction of sp³-hybridized carbons (Fsp3) is 0.308. The lowest BCUT2D eigenvalue weighted by Crippen LogP contribution is -2.50. The highest BCUT2D eigenvalue weighted by Crippen LogP contribution is 2.44. The van der Waals surface area contributed by atoms with Gasteiger partial charge in [0.25, 0.3) is 0 Å². The molecule has 0 saturated heterocycles. The number of ether oxygens (including phenoxy) is 1. The Morgan fingerprint density at radius 3 is 2.46 bits per heavy atom. The van der Waals surface area contributed by atoms with Gasteiger partial charge in [0, 0.05) is 24.8 Å². The number of hydrogen-bond donors (Lipinski definition) is 3. The largest absolute Gasteiger partial charge is 0.480 e. The third-order valence-corrected chi connectivity index (χ3v) is 6.69. The Morgan fingerprint density at radius 2 is 1.80 bits per heavy atom. The molecule has 0 saturated carbocycles. The first-order valence-corrected chi connectivity index (χ1v) is 11.6. The van der Waals surface area contributed by atoms with E-state index in [4.69, 9.17) is 4.74 Å². The van der Waals surface area contributed by atoms with Gasteiger partial charge in [-0.3, -0.25) is 4.79 Å². The number of fused-ring (bicyclic) bond motifs is 4. The molecule has 35 heavy (non-hydrogen) atoms. The number of aromatic amines is 1. The lowest BCUT2D eigenvalue weighted by Gasteiger charge is -2.33. The van der Waals surface area contributed by atoms with E-state index in [1.165, 1.54) is 11.2 Å². The predicted molar refractivity (Wildman–Crippen MR) is 127 cm³/mol. The summed E-state index contributed by atoms with van der Waals surface area (Å²) in [5, 5.41) is 12.3. The van der Waals surface area contributed by atoms with Crippen LogP contribution in [0.2, 0.25) is 0 Å². The first-order valence-electron chi connectivity index (χ1n) is 11.6. The van der Waals surface area contributed by atoms with Crippen LogP contribution in [0.5, 0.6) is 0 Å². The molecule has 5 rings (SSSR count). The van der Waals surface area contributed by atoms with Crippen molar-refractivity contribution in [2.45, 2.75) is 44.3 Å². The van der Waals surface area contributed by atoms with Crippen LogP contribution in [0.15, 0.2) is 54.9 Å². The lowest BCUT2D eigenvalue weighted by atomic mass is 9.98. The Hall–Kier alpha value is -4.14. The molecule has 2 unspecified atom stereocenters. The quantitative estimate of drug-likeness (QED) is 0.504. The fourth-order valence-electron chi connectivity index (χ4n) is 4.99. The van der Waals surface area contributed by atoms with Crippen LogP contribution in [-0.4, -0.2) is 56.6 Å². The Balaban J connectivity index is 1.18. The number of H-pyrrole nitrogens is 1. The summed E-state index contributed by atoms with van der Waals surface area (Å²) in [7, 11) is 0. The number of aliphatic carboxylic acids is 1. The number of nitrogens with zero attached hydrogens (tertiary/aromatic N) is 2. The molecule has 2 atom stereocenters. The first-order chi connectivity index (χ1) is 16.9. The second kappa shape index (κ2) is 9.25. The van der Waals surface area contributed by atoms with Crippen LogP contribution in [0.3, 0.4) is 0 Å². The van der Waals surface area contributed by atoms with Crippen LogP contribution in [-0.2, 0) is 27.3 Å². The summed E-state index contributed by atoms with van der Waals surface area (Å²) in [5.74, 6) is -1.49. The fourth-order valence-corrected chi connectivity index (χ4v) is 4.99. The zero-order valence-electron chi connectivity index (χ0n) is 19.2. The topological polar surface area (TPSA) is 125 Å². The van der Waals surface area contributed by atoms with Gasteiger partial charge in [-0.05, 0) is 29.2 Å². The van der Waals surface area contributed by atoms with Crippen molar-refractivity contribution in [2.75, 3.05) is 6.61 Å². The van der Waals surface area contributed by atoms with Gasteiger partial charge in [-0.2, -0.15) is 0 Å². The average molecular weight is 475 g/mol. The molecule has 1 aromatic heterocycles. The predicted octanol–water partition coefficient (Wildman–Crippen LogP) is 3.06. The van der Waals surface area contributed by atoms with E-state index in [2.05, 4.69) is 27.4 Å². The number of hydrogen-bond acceptors (Lipinski definition) is 5. The molecule has 0 radical (unpaired) electrons. The van der Waals surface area contributed by atoms with Crippen LogP contribution in [0.1, 0.15) is 41.8 Å². The number of carbonyl (C=O) groups is 3. The normalized spacial score (nSPS) is 17.2. The number of amides is 2. The molecule has 2 aromatic carbocycles. The Kier molecular flexibility index (Phi) is 5.98. The van der Waals surface area contributed by atoms with Gasteiger partial charge in [-0.1, -0.05) is 48.5 Å². The first kappa shape index (κ1) is 22.6. The van der Waals surface area contributed by atoms with E-state index >= 15 is 0 Å². The van der Waals surface area contributed by atoms with Gasteiger partial charge in [0.15, 0.2) is 0 Å². The highest BCUT2D eigenvalue weighted by atomic mass is 16.5. The van der Waals surface area contributed by atoms with E-state index in [-0.39, 0.29) is 37.8 Å². The average Bonchev–Trinajstić information content (AvgIpc) is 3.43. The van der Waals surface area contributed by atoms with Gasteiger partial charge in [0.05, 0.1) is 24.3 Å². The van der Waals surface area contributed by atoms with E-state index in [9.17, 15) is 19.5 Å². The van der Waals surface area contributed by atoms with E-state index < -0.39 is 24.1 Å². The summed E-state index contributed by atoms with van der Waals surface area (Å²) in [5.41, 5.74) is 5.91. The summed E-state index contributed by atoms with van der Waals surface area (Å²) < 4.78 is 5.55. The number of alkyl carbamates (subject to hydrolysis) is 1. The highest BCUT2D eigenvalue weighted by molar-refractivity contribution is 5.85. The van der Waals surface area contributed by atoms with Gasteiger partial charge in [-0.15, -0.1) is 0 Å². The van der Waals surface area contributed by atoms with E-state index in [0.717, 1.165) is 27.9 Å². The zero-order chi connectivity index (χ0) is 24.5. The van der Waals surface area contributed by atoms with Gasteiger partial charge >= 0.3 is 12.1 Å². The number of carbonyl (C=O) groups excluding carboxylic acids is 2. The van der Waals surface area contributed by atoms with Crippen molar-refractivity contribution in [1.82, 2.24) is 20.2 Å². The minimum Gasteiger partial charge on any atom is -0.480 e. The molecule has 2 heterocycles. The smallest absolute Gasteiger partial charge is 0.407 e. The Labute approximate surface area is 202 Å². The number of carboxylic acid groups (broad SMARTS) is 1. The minimum atomic E-state index is -1.08. The van der Waals surface area contributed by atoms with E-state index in [0.29, 0.717) is 5.69 Å². The summed E-state index contributed by atoms with van der Waals surface area (Å²) >= 11 is 0. The molecule has 0 spiro atoms. The van der Waals surface area contributed by atoms with Crippen molar-refractivity contribution in [3.8, 4) is 11.1 Å². The molecule has 2 aliphatic rings. The maximum absolute atomic E-state index is 12.9. The summed E-state index contributed by atoms with van der Waals surface area (Å²) in [6.45, 7) is 2.01. The van der Waals surface area contributed by atoms with Crippen molar-refractivity contribution >= 4 is 18.0 Å². The van der Waals surface area contributed by atoms with Crippen molar-refractivity contribution in [3.63, 3.8) is 0 Å². The van der Waals surface area contributed by atoms with Crippen molar-refractivity contribution in [3.05, 3.63) is 77.4 Å². The maximum Gasteiger partial charge on any atom is 0.407 e. The third-order valence-electron chi connectivity index (χ3n) is 6.69. The van der Waals surface area contributed by atoms with Gasteiger partial charge in [0.1, 0.15) is 12.6 Å². The molecular weight excluding hydrogens is 448 g/mol. The molecule has 3 aromatic rings. The van der Waals surface area contributed by atoms with Crippen molar-refractivity contribution in [1.29, 1.82) is 0 Å². The van der Waals surface area contributed by atoms with Gasteiger partial charge < -0.3 is 25.0 Å². The minimum absolute atomic E-state index is 0.0442. The molecule has 1 aliphatic heterocycles. The molecule has 2 amide bonds. The maximum atomic E-state index is 12.9. The molecule has 9 nitrogen and oxygen atoms in total. The van der Waals surface area contributed by atoms with Gasteiger partial charge in [-0.25, -0.2) is 14.6 Å². The zero-order valence-corrected chi connectivity index (χ0v) is 19.2. The Morgan fingerprint density at radius 1 is 1.14 bits per heavy atom. The van der Waals surface area contributed by atoms with Crippen LogP contribution >= 0.6 is 0 Å². The molecule has 180 valence electrons. The standard InChI is InChI=1S/C26H26N4O5/c1-15(10-24(31)30-12-22-21(27-14-28-22)11-23(30)25(32)33)29-26(34)35-13-20-18-8-4-2-6-16(18)17-7-3-5-9-19(17)20/h2-9,14-15,20,23H,10-13H2,1H3,(H,27,28)(H,29,34)(H,32,33). The number of carboxylic acids is 1. The number of rotatable bonds is 6. The monoisotopic (exact) mass is 474 g/mol. The van der Waals surface area contributed by atoms with E-state index in [1.807, 2.05) is 36.4 Å². The van der Waals surface area contributed by atoms with Crippen LogP contribution in [0.4, 0.5) is 4.79 Å². The summed E-state index contributed by atoms with van der Waals surface area (Å²) in [6, 6.07) is 14.7. The van der Waals surface area contributed by atoms with Crippen LogP contribution in [0.25, 0.3) is 11.1 Å². The number of nitrogens with one attached hydrogen (secondary N) is 2. The van der Waals surface area contributed by atoms with Crippen molar-refractivity contribution in [2.24, 2.45) is 0 Å². The molecule has 1 aliphatic carbocycles. The SMILES string of the molecule is CC(CC(=O)N1Cc2[nH]cnc2CC1C(=O)O)NC(=O)OCC1c2ccccc2-c2ccccc21. The number of imidazole rings is 1. The molecule has 9 heteroatoms. The summed E-state index contributed by atoms with van der Waals surface area (Å²) in [6.07, 6.45) is 0.987. The molecule has 0 bridgehead atoms. The number of aromatic nitrogens is 2. The lowest BCUT2D eigenvalue weighted by molar-refractivity contribution is -0.151. The molecule has 0 fully saturated rings. The van der Waals surface area contributed by atoms with E-state index in [1.54, 1.807) is 6.92 Å². The third kappa shape index (κ3) is 4.37. The van der Waals surface area contributed by atoms with Crippen LogP contribution < -0.4 is 5.32 Å². The highest BCUT2D eigenvalue weighted by Gasteiger charge is 2.36. The van der Waals surface area contributed by atoms with Crippen LogP contribution in [0, 0.1) is 0 Å². The number of benzene rings is 2. The molecular formula is C26H26N4O5.